The van der Waals surface area contributed by atoms with Gasteiger partial charge in [0.2, 0.25) is 0 Å². The summed E-state index contributed by atoms with van der Waals surface area (Å²) in [4.78, 5) is 2.06. The van der Waals surface area contributed by atoms with Crippen LogP contribution in [0.1, 0.15) is 18.4 Å². The summed E-state index contributed by atoms with van der Waals surface area (Å²) in [6.07, 6.45) is 1.91. The maximum Gasteiger partial charge on any atom is 0.143 e. The van der Waals surface area contributed by atoms with E-state index in [4.69, 9.17) is 10.00 Å². The first kappa shape index (κ1) is 11.9. The van der Waals surface area contributed by atoms with Crippen LogP contribution < -0.4 is 4.90 Å². The molecule has 0 aromatic heterocycles. The molecule has 0 saturated carbocycles. The van der Waals surface area contributed by atoms with Crippen molar-refractivity contribution in [3.8, 4) is 6.07 Å². The molecule has 0 amide bonds. The highest BCUT2D eigenvalue weighted by atomic mass is 19.1. The Balaban J connectivity index is 2.16. The molecule has 2 rings (SSSR count). The van der Waals surface area contributed by atoms with Gasteiger partial charge in [0, 0.05) is 32.0 Å². The van der Waals surface area contributed by atoms with Crippen molar-refractivity contribution >= 4 is 5.69 Å². The topological polar surface area (TPSA) is 36.3 Å². The molecule has 1 aliphatic heterocycles. The first-order valence-corrected chi connectivity index (χ1v) is 5.72. The van der Waals surface area contributed by atoms with Crippen LogP contribution in [0.5, 0.6) is 0 Å². The van der Waals surface area contributed by atoms with E-state index >= 15 is 0 Å². The fraction of sp³-hybridized carbons (Fsp3) is 0.462. The lowest BCUT2D eigenvalue weighted by Crippen LogP contribution is -2.36. The van der Waals surface area contributed by atoms with E-state index in [0.29, 0.717) is 6.04 Å². The van der Waals surface area contributed by atoms with Crippen LogP contribution in [0.4, 0.5) is 10.1 Å². The Morgan fingerprint density at radius 1 is 1.41 bits per heavy atom. The Labute approximate surface area is 100 Å². The smallest absolute Gasteiger partial charge is 0.143 e. The molecular weight excluding hydrogens is 219 g/mol. The minimum atomic E-state index is -0.455. The SMILES string of the molecule is CN(c1ccc(C#N)c(F)c1)C1CCOCC1. The Hall–Kier alpha value is -1.60. The third kappa shape index (κ3) is 2.56. The standard InChI is InChI=1S/C13H15FN2O/c1-16(11-4-6-17-7-5-11)12-3-2-10(9-15)13(14)8-12/h2-3,8,11H,4-7H2,1H3. The lowest BCUT2D eigenvalue weighted by molar-refractivity contribution is 0.0855. The number of nitriles is 1. The van der Waals surface area contributed by atoms with E-state index in [9.17, 15) is 4.39 Å². The Morgan fingerprint density at radius 2 is 2.12 bits per heavy atom. The Kier molecular flexibility index (Phi) is 3.60. The second kappa shape index (κ2) is 5.15. The number of benzene rings is 1. The highest BCUT2D eigenvalue weighted by molar-refractivity contribution is 5.50. The second-order valence-corrected chi connectivity index (χ2v) is 4.23. The van der Waals surface area contributed by atoms with Crippen LogP contribution in [0.3, 0.4) is 0 Å². The molecule has 17 heavy (non-hydrogen) atoms. The van der Waals surface area contributed by atoms with Crippen LogP contribution in [0.2, 0.25) is 0 Å². The molecule has 0 N–H and O–H groups in total. The maximum absolute atomic E-state index is 13.5. The van der Waals surface area contributed by atoms with Crippen molar-refractivity contribution in [1.82, 2.24) is 0 Å². The summed E-state index contributed by atoms with van der Waals surface area (Å²) in [5.41, 5.74) is 0.905. The average Bonchev–Trinajstić information content (AvgIpc) is 2.39. The molecular formula is C13H15FN2O. The molecule has 4 heteroatoms. The number of hydrogen-bond acceptors (Lipinski definition) is 3. The molecule has 0 radical (unpaired) electrons. The van der Waals surface area contributed by atoms with E-state index in [0.717, 1.165) is 31.7 Å². The van der Waals surface area contributed by atoms with Crippen molar-refractivity contribution in [3.05, 3.63) is 29.6 Å². The zero-order chi connectivity index (χ0) is 12.3. The van der Waals surface area contributed by atoms with Crippen LogP contribution in [0.25, 0.3) is 0 Å². The van der Waals surface area contributed by atoms with Crippen molar-refractivity contribution in [2.24, 2.45) is 0 Å². The second-order valence-electron chi connectivity index (χ2n) is 4.23. The monoisotopic (exact) mass is 234 g/mol. The van der Waals surface area contributed by atoms with E-state index in [2.05, 4.69) is 4.90 Å². The van der Waals surface area contributed by atoms with Crippen LogP contribution in [-0.2, 0) is 4.74 Å². The fourth-order valence-corrected chi connectivity index (χ4v) is 2.10. The largest absolute Gasteiger partial charge is 0.381 e. The van der Waals surface area contributed by atoms with Crippen molar-refractivity contribution in [2.75, 3.05) is 25.2 Å². The molecule has 1 fully saturated rings. The summed E-state index contributed by atoms with van der Waals surface area (Å²) in [5.74, 6) is -0.455. The molecule has 0 unspecified atom stereocenters. The van der Waals surface area contributed by atoms with Gasteiger partial charge in [-0.2, -0.15) is 5.26 Å². The summed E-state index contributed by atoms with van der Waals surface area (Å²) in [6, 6.07) is 6.95. The lowest BCUT2D eigenvalue weighted by Gasteiger charge is -2.32. The van der Waals surface area contributed by atoms with Gasteiger partial charge < -0.3 is 9.64 Å². The molecule has 1 saturated heterocycles. The number of rotatable bonds is 2. The van der Waals surface area contributed by atoms with Gasteiger partial charge in [-0.3, -0.25) is 0 Å². The number of anilines is 1. The molecule has 0 aliphatic carbocycles. The number of ether oxygens (including phenoxy) is 1. The molecule has 1 aromatic rings. The normalized spacial score (nSPS) is 16.5. The molecule has 90 valence electrons. The van der Waals surface area contributed by atoms with Crippen LogP contribution in [-0.4, -0.2) is 26.3 Å². The summed E-state index contributed by atoms with van der Waals surface area (Å²) in [6.45, 7) is 1.52. The number of halogens is 1. The van der Waals surface area contributed by atoms with Crippen molar-refractivity contribution in [1.29, 1.82) is 5.26 Å². The predicted molar refractivity (Wildman–Crippen MR) is 63.4 cm³/mol. The van der Waals surface area contributed by atoms with E-state index in [1.165, 1.54) is 12.1 Å². The Bertz CT molecular complexity index is 436. The fourth-order valence-electron chi connectivity index (χ4n) is 2.10. The van der Waals surface area contributed by atoms with Crippen LogP contribution in [0, 0.1) is 17.1 Å². The molecule has 0 spiro atoms. The zero-order valence-corrected chi connectivity index (χ0v) is 9.82. The Morgan fingerprint density at radius 3 is 2.71 bits per heavy atom. The summed E-state index contributed by atoms with van der Waals surface area (Å²) in [7, 11) is 1.96. The first-order valence-electron chi connectivity index (χ1n) is 5.72. The third-order valence-corrected chi connectivity index (χ3v) is 3.22. The van der Waals surface area contributed by atoms with E-state index in [1.807, 2.05) is 13.1 Å². The van der Waals surface area contributed by atoms with Crippen LogP contribution >= 0.6 is 0 Å². The third-order valence-electron chi connectivity index (χ3n) is 3.22. The molecule has 1 heterocycles. The lowest BCUT2D eigenvalue weighted by atomic mass is 10.1. The summed E-state index contributed by atoms with van der Waals surface area (Å²) >= 11 is 0. The molecule has 3 nitrogen and oxygen atoms in total. The maximum atomic E-state index is 13.5. The zero-order valence-electron chi connectivity index (χ0n) is 9.82. The van der Waals surface area contributed by atoms with Crippen molar-refractivity contribution < 1.29 is 9.13 Å². The van der Waals surface area contributed by atoms with E-state index in [1.54, 1.807) is 6.07 Å². The molecule has 1 aliphatic rings. The summed E-state index contributed by atoms with van der Waals surface area (Å²) in [5, 5.41) is 8.68. The molecule has 0 atom stereocenters. The molecule has 0 bridgehead atoms. The van der Waals surface area contributed by atoms with Gasteiger partial charge in [0.1, 0.15) is 11.9 Å². The summed E-state index contributed by atoms with van der Waals surface area (Å²) < 4.78 is 18.8. The van der Waals surface area contributed by atoms with Crippen molar-refractivity contribution in [3.63, 3.8) is 0 Å². The average molecular weight is 234 g/mol. The number of hydrogen-bond donors (Lipinski definition) is 0. The highest BCUT2D eigenvalue weighted by Crippen LogP contribution is 2.23. The first-order chi connectivity index (χ1) is 8.22. The van der Waals surface area contributed by atoms with Gasteiger partial charge in [0.05, 0.1) is 5.56 Å². The van der Waals surface area contributed by atoms with Gasteiger partial charge in [-0.25, -0.2) is 4.39 Å². The van der Waals surface area contributed by atoms with Crippen molar-refractivity contribution in [2.45, 2.75) is 18.9 Å². The highest BCUT2D eigenvalue weighted by Gasteiger charge is 2.19. The van der Waals surface area contributed by atoms with Gasteiger partial charge in [-0.05, 0) is 31.0 Å². The van der Waals surface area contributed by atoms with Gasteiger partial charge >= 0.3 is 0 Å². The predicted octanol–water partition coefficient (Wildman–Crippen LogP) is 2.31. The van der Waals surface area contributed by atoms with Gasteiger partial charge in [-0.15, -0.1) is 0 Å². The minimum absolute atomic E-state index is 0.0918. The van der Waals surface area contributed by atoms with E-state index < -0.39 is 5.82 Å². The molecule has 1 aromatic carbocycles. The van der Waals surface area contributed by atoms with E-state index in [-0.39, 0.29) is 5.56 Å². The number of nitrogens with zero attached hydrogens (tertiary/aromatic N) is 2. The quantitative estimate of drug-likeness (QED) is 0.787. The minimum Gasteiger partial charge on any atom is -0.381 e. The van der Waals surface area contributed by atoms with Crippen LogP contribution in [0.15, 0.2) is 18.2 Å². The van der Waals surface area contributed by atoms with Gasteiger partial charge in [-0.1, -0.05) is 0 Å². The van der Waals surface area contributed by atoms with Gasteiger partial charge in [0.25, 0.3) is 0 Å². The van der Waals surface area contributed by atoms with Gasteiger partial charge in [0.15, 0.2) is 0 Å².